The summed E-state index contributed by atoms with van der Waals surface area (Å²) in [5.74, 6) is -1.37. The number of nitrogens with zero attached hydrogens (tertiary/aromatic N) is 5. The summed E-state index contributed by atoms with van der Waals surface area (Å²) in [7, 11) is 0. The molecule has 252 valence electrons. The minimum absolute atomic E-state index is 0.0969. The fourth-order valence-corrected chi connectivity index (χ4v) is 7.47. The lowest BCUT2D eigenvalue weighted by Gasteiger charge is -2.35. The first kappa shape index (κ1) is 31.1. The van der Waals surface area contributed by atoms with Crippen LogP contribution in [-0.2, 0) is 9.59 Å². The molecule has 4 amide bonds. The van der Waals surface area contributed by atoms with E-state index in [9.17, 15) is 19.2 Å². The van der Waals surface area contributed by atoms with Crippen LogP contribution >= 0.6 is 0 Å². The van der Waals surface area contributed by atoms with Gasteiger partial charge in [-0.3, -0.25) is 39.1 Å². The van der Waals surface area contributed by atoms with E-state index >= 15 is 0 Å². The molecule has 4 N–H and O–H groups in total. The predicted octanol–water partition coefficient (Wildman–Crippen LogP) is 3.90. The Morgan fingerprint density at radius 1 is 0.878 bits per heavy atom. The lowest BCUT2D eigenvalue weighted by Crippen LogP contribution is -2.54. The third kappa shape index (κ3) is 6.26. The van der Waals surface area contributed by atoms with Gasteiger partial charge in [0.05, 0.1) is 46.3 Å². The number of piperidine rings is 2. The van der Waals surface area contributed by atoms with Gasteiger partial charge in [-0.25, -0.2) is 4.98 Å². The number of benzene rings is 2. The molecule has 1 aliphatic carbocycles. The summed E-state index contributed by atoms with van der Waals surface area (Å²) in [6, 6.07) is 11.2. The van der Waals surface area contributed by atoms with Crippen LogP contribution in [0.5, 0.6) is 0 Å². The molecule has 49 heavy (non-hydrogen) atoms. The zero-order chi connectivity index (χ0) is 33.5. The smallest absolute Gasteiger partial charge is 0.262 e. The monoisotopic (exact) mass is 661 g/mol. The number of amides is 4. The molecule has 1 saturated carbocycles. The average Bonchev–Trinajstić information content (AvgIpc) is 3.66. The lowest BCUT2D eigenvalue weighted by atomic mass is 9.77. The lowest BCUT2D eigenvalue weighted by molar-refractivity contribution is -0.136. The molecule has 1 unspecified atom stereocenters. The molecule has 2 aromatic heterocycles. The zero-order valence-corrected chi connectivity index (χ0v) is 27.2. The number of hydrogen-bond donors (Lipinski definition) is 4. The fourth-order valence-electron chi connectivity index (χ4n) is 7.47. The van der Waals surface area contributed by atoms with E-state index in [0.29, 0.717) is 18.0 Å². The van der Waals surface area contributed by atoms with Crippen molar-refractivity contribution in [3.05, 3.63) is 66.1 Å². The normalized spacial score (nSPS) is 22.6. The van der Waals surface area contributed by atoms with E-state index in [0.717, 1.165) is 96.7 Å². The van der Waals surface area contributed by atoms with Crippen LogP contribution in [0.15, 0.2) is 55.0 Å². The molecule has 13 heteroatoms. The van der Waals surface area contributed by atoms with Gasteiger partial charge in [0.25, 0.3) is 11.8 Å². The second-order valence-electron chi connectivity index (χ2n) is 13.6. The maximum atomic E-state index is 13.1. The molecule has 3 aliphatic heterocycles. The summed E-state index contributed by atoms with van der Waals surface area (Å²) in [6.07, 6.45) is 12.4. The quantitative estimate of drug-likeness (QED) is 0.145. The van der Waals surface area contributed by atoms with Crippen LogP contribution in [0.3, 0.4) is 0 Å². The van der Waals surface area contributed by atoms with Crippen LogP contribution in [0.4, 0.5) is 11.4 Å². The molecule has 2 saturated heterocycles. The molecule has 2 aromatic carbocycles. The molecule has 8 rings (SSSR count). The summed E-state index contributed by atoms with van der Waals surface area (Å²) in [5, 5.41) is 17.3. The topological polar surface area (TPSA) is 163 Å². The predicted molar refractivity (Wildman–Crippen MR) is 183 cm³/mol. The highest BCUT2D eigenvalue weighted by atomic mass is 16.2. The number of rotatable bonds is 10. The zero-order valence-electron chi connectivity index (χ0n) is 27.2. The van der Waals surface area contributed by atoms with E-state index in [1.54, 1.807) is 18.2 Å². The minimum Gasteiger partial charge on any atom is -0.385 e. The number of carbonyl (C=O) groups is 4. The maximum absolute atomic E-state index is 13.1. The van der Waals surface area contributed by atoms with E-state index in [1.807, 2.05) is 18.5 Å². The van der Waals surface area contributed by atoms with Gasteiger partial charge in [-0.15, -0.1) is 0 Å². The number of imide groups is 2. The maximum Gasteiger partial charge on any atom is 0.262 e. The Morgan fingerprint density at radius 2 is 1.69 bits per heavy atom. The van der Waals surface area contributed by atoms with E-state index in [2.05, 4.69) is 54.4 Å². The Labute approximate surface area is 283 Å². The first-order valence-electron chi connectivity index (χ1n) is 17.3. The minimum atomic E-state index is -0.964. The SMILES string of the molecule is O=C1CCC(N2C(=O)c3ccc(NCCCC4CC(n5cc(-c6cnc7ccc(NC8CCNCC8)cc7n6)cn5)C4)cc3C2=O)C(=O)N1. The van der Waals surface area contributed by atoms with Gasteiger partial charge < -0.3 is 16.0 Å². The molecule has 0 radical (unpaired) electrons. The summed E-state index contributed by atoms with van der Waals surface area (Å²) < 4.78 is 2.06. The van der Waals surface area contributed by atoms with Crippen molar-refractivity contribution < 1.29 is 19.2 Å². The molecule has 1 atom stereocenters. The van der Waals surface area contributed by atoms with Gasteiger partial charge >= 0.3 is 0 Å². The summed E-state index contributed by atoms with van der Waals surface area (Å²) >= 11 is 0. The fraction of sp³-hybridized carbons (Fsp3) is 0.417. The molecular formula is C36H39N9O4. The van der Waals surface area contributed by atoms with E-state index in [-0.39, 0.29) is 29.9 Å². The Bertz CT molecular complexity index is 1950. The van der Waals surface area contributed by atoms with E-state index in [1.165, 1.54) is 0 Å². The molecule has 4 aromatic rings. The molecule has 13 nitrogen and oxygen atoms in total. The number of anilines is 2. The van der Waals surface area contributed by atoms with Gasteiger partial charge in [0.1, 0.15) is 6.04 Å². The summed E-state index contributed by atoms with van der Waals surface area (Å²) in [6.45, 7) is 2.82. The highest BCUT2D eigenvalue weighted by Gasteiger charge is 2.44. The van der Waals surface area contributed by atoms with Crippen molar-refractivity contribution in [2.75, 3.05) is 30.3 Å². The Balaban J connectivity index is 0.811. The Morgan fingerprint density at radius 3 is 2.53 bits per heavy atom. The second kappa shape index (κ2) is 13.0. The van der Waals surface area contributed by atoms with Crippen LogP contribution in [0.25, 0.3) is 22.3 Å². The van der Waals surface area contributed by atoms with Crippen LogP contribution in [0.1, 0.15) is 78.1 Å². The van der Waals surface area contributed by atoms with Gasteiger partial charge in [-0.1, -0.05) is 0 Å². The standard InChI is InChI=1S/C36H39N9O4/c46-33-8-7-32(34(47)43-33)45-35(48)27-5-3-24(16-28(27)36(45)49)38-11-1-2-21-14-26(15-21)44-20-22(18-40-44)31-19-39-29-6-4-25(17-30(29)42-31)41-23-9-12-37-13-10-23/h3-6,16-21,23,26,32,37-38,41H,1-2,7-15H2,(H,43,46,47). The third-order valence-corrected chi connectivity index (χ3v) is 10.3. The Hall–Kier alpha value is -5.17. The molecular weight excluding hydrogens is 622 g/mol. The van der Waals surface area contributed by atoms with Crippen LogP contribution in [0.2, 0.25) is 0 Å². The average molecular weight is 662 g/mol. The van der Waals surface area contributed by atoms with Crippen molar-refractivity contribution >= 4 is 46.0 Å². The first-order chi connectivity index (χ1) is 23.9. The highest BCUT2D eigenvalue weighted by molar-refractivity contribution is 6.23. The van der Waals surface area contributed by atoms with Crippen molar-refractivity contribution in [3.8, 4) is 11.3 Å². The largest absolute Gasteiger partial charge is 0.385 e. The van der Waals surface area contributed by atoms with E-state index in [4.69, 9.17) is 4.98 Å². The molecule has 0 bridgehead atoms. The molecule has 0 spiro atoms. The first-order valence-corrected chi connectivity index (χ1v) is 17.3. The number of fused-ring (bicyclic) bond motifs is 2. The summed E-state index contributed by atoms with van der Waals surface area (Å²) in [5.41, 5.74) is 5.93. The van der Waals surface area contributed by atoms with Crippen molar-refractivity contribution in [3.63, 3.8) is 0 Å². The van der Waals surface area contributed by atoms with E-state index < -0.39 is 23.8 Å². The van der Waals surface area contributed by atoms with Crippen molar-refractivity contribution in [1.29, 1.82) is 0 Å². The van der Waals surface area contributed by atoms with Crippen LogP contribution in [0, 0.1) is 5.92 Å². The van der Waals surface area contributed by atoms with Crippen LogP contribution in [-0.4, -0.2) is 80.0 Å². The number of aromatic nitrogens is 4. The van der Waals surface area contributed by atoms with Crippen LogP contribution < -0.4 is 21.3 Å². The van der Waals surface area contributed by atoms with Gasteiger partial charge in [0, 0.05) is 42.1 Å². The van der Waals surface area contributed by atoms with Gasteiger partial charge in [0.2, 0.25) is 11.8 Å². The van der Waals surface area contributed by atoms with Gasteiger partial charge in [-0.05, 0) is 100 Å². The van der Waals surface area contributed by atoms with Gasteiger partial charge in [0.15, 0.2) is 0 Å². The number of nitrogens with one attached hydrogen (secondary N) is 4. The number of carbonyl (C=O) groups excluding carboxylic acids is 4. The van der Waals surface area contributed by atoms with Gasteiger partial charge in [-0.2, -0.15) is 5.10 Å². The Kier molecular flexibility index (Phi) is 8.28. The molecule has 4 aliphatic rings. The summed E-state index contributed by atoms with van der Waals surface area (Å²) in [4.78, 5) is 60.5. The van der Waals surface area contributed by atoms with Crippen molar-refractivity contribution in [1.82, 2.24) is 35.3 Å². The third-order valence-electron chi connectivity index (χ3n) is 10.3. The van der Waals surface area contributed by atoms with Crippen molar-refractivity contribution in [2.24, 2.45) is 5.92 Å². The molecule has 5 heterocycles. The van der Waals surface area contributed by atoms with Crippen molar-refractivity contribution in [2.45, 2.75) is 69.5 Å². The number of hydrogen-bond acceptors (Lipinski definition) is 10. The highest BCUT2D eigenvalue weighted by Crippen LogP contribution is 2.40. The second-order valence-corrected chi connectivity index (χ2v) is 13.6. The molecule has 3 fully saturated rings.